The zero-order valence-corrected chi connectivity index (χ0v) is 8.03. The zero-order valence-electron chi connectivity index (χ0n) is 8.03. The molecule has 3 nitrogen and oxygen atoms in total. The molecule has 2 heterocycles. The molecule has 0 aliphatic heterocycles. The average molecular weight is 176 g/mol. The molecule has 68 valence electrons. The molecule has 0 bridgehead atoms. The maximum Gasteiger partial charge on any atom is 0.257 e. The van der Waals surface area contributed by atoms with Crippen molar-refractivity contribution in [3.05, 3.63) is 24.0 Å². The molecular weight excluding hydrogens is 164 g/mol. The van der Waals surface area contributed by atoms with Gasteiger partial charge in [0.25, 0.3) is 5.71 Å². The van der Waals surface area contributed by atoms with E-state index in [0.717, 1.165) is 5.39 Å². The van der Waals surface area contributed by atoms with Crippen molar-refractivity contribution in [2.24, 2.45) is 0 Å². The first kappa shape index (κ1) is 8.23. The summed E-state index contributed by atoms with van der Waals surface area (Å²) in [6, 6.07) is 2.07. The van der Waals surface area contributed by atoms with Crippen LogP contribution in [0.15, 0.2) is 23.0 Å². The minimum absolute atomic E-state index is 0.123. The third kappa shape index (κ3) is 1.41. The van der Waals surface area contributed by atoms with Gasteiger partial charge in [0, 0.05) is 6.20 Å². The van der Waals surface area contributed by atoms with Crippen molar-refractivity contribution in [1.29, 1.82) is 0 Å². The number of hydrogen-bond donors (Lipinski definition) is 0. The van der Waals surface area contributed by atoms with Crippen LogP contribution in [0, 0.1) is 0 Å². The van der Waals surface area contributed by atoms with Gasteiger partial charge in [-0.1, -0.05) is 25.9 Å². The van der Waals surface area contributed by atoms with Crippen LogP contribution >= 0.6 is 0 Å². The molecule has 0 aliphatic carbocycles. The molecule has 13 heavy (non-hydrogen) atoms. The van der Waals surface area contributed by atoms with Crippen LogP contribution in [0.25, 0.3) is 11.1 Å². The molecule has 0 unspecified atom stereocenters. The van der Waals surface area contributed by atoms with Gasteiger partial charge in [0.15, 0.2) is 0 Å². The summed E-state index contributed by atoms with van der Waals surface area (Å²) in [7, 11) is 0. The molecule has 2 rings (SSSR count). The second kappa shape index (κ2) is 2.55. The van der Waals surface area contributed by atoms with Crippen LogP contribution < -0.4 is 0 Å². The second-order valence-electron chi connectivity index (χ2n) is 4.19. The standard InChI is InChI=1S/C10H12N2O/c1-10(2,3)8-4-7-5-12-13-9(7)11-6-8/h4-6H,1-3H3. The summed E-state index contributed by atoms with van der Waals surface area (Å²) in [6.07, 6.45) is 3.53. The van der Waals surface area contributed by atoms with Crippen LogP contribution in [-0.4, -0.2) is 10.1 Å². The summed E-state index contributed by atoms with van der Waals surface area (Å²) >= 11 is 0. The first-order chi connectivity index (χ1) is 6.07. The van der Waals surface area contributed by atoms with Gasteiger partial charge in [-0.05, 0) is 17.0 Å². The largest absolute Gasteiger partial charge is 0.336 e. The highest BCUT2D eigenvalue weighted by Gasteiger charge is 2.15. The predicted octanol–water partition coefficient (Wildman–Crippen LogP) is 2.52. The van der Waals surface area contributed by atoms with Crippen LogP contribution in [-0.2, 0) is 5.41 Å². The van der Waals surface area contributed by atoms with Crippen LogP contribution in [0.4, 0.5) is 0 Å². The summed E-state index contributed by atoms with van der Waals surface area (Å²) in [5, 5.41) is 4.65. The molecule has 0 saturated carbocycles. The van der Waals surface area contributed by atoms with Crippen molar-refractivity contribution in [3.63, 3.8) is 0 Å². The molecule has 0 radical (unpaired) electrons. The Bertz CT molecular complexity index is 426. The quantitative estimate of drug-likeness (QED) is 0.619. The van der Waals surface area contributed by atoms with E-state index in [1.807, 2.05) is 6.20 Å². The Balaban J connectivity index is 2.61. The number of fused-ring (bicyclic) bond motifs is 1. The van der Waals surface area contributed by atoms with Crippen molar-refractivity contribution in [1.82, 2.24) is 10.1 Å². The third-order valence-corrected chi connectivity index (χ3v) is 2.08. The highest BCUT2D eigenvalue weighted by atomic mass is 16.5. The minimum Gasteiger partial charge on any atom is -0.336 e. The number of pyridine rings is 1. The maximum atomic E-state index is 4.92. The smallest absolute Gasteiger partial charge is 0.257 e. The Kier molecular flexibility index (Phi) is 1.62. The van der Waals surface area contributed by atoms with E-state index in [2.05, 4.69) is 37.0 Å². The van der Waals surface area contributed by atoms with E-state index >= 15 is 0 Å². The Morgan fingerprint density at radius 2 is 2.00 bits per heavy atom. The lowest BCUT2D eigenvalue weighted by Gasteiger charge is -2.17. The first-order valence-corrected chi connectivity index (χ1v) is 4.28. The van der Waals surface area contributed by atoms with Crippen LogP contribution in [0.3, 0.4) is 0 Å². The Morgan fingerprint density at radius 3 is 2.69 bits per heavy atom. The van der Waals surface area contributed by atoms with Gasteiger partial charge >= 0.3 is 0 Å². The van der Waals surface area contributed by atoms with Gasteiger partial charge < -0.3 is 4.52 Å². The summed E-state index contributed by atoms with van der Waals surface area (Å²) < 4.78 is 4.92. The van der Waals surface area contributed by atoms with Crippen LogP contribution in [0.2, 0.25) is 0 Å². The van der Waals surface area contributed by atoms with Crippen molar-refractivity contribution in [2.75, 3.05) is 0 Å². The zero-order chi connectivity index (χ0) is 9.47. The van der Waals surface area contributed by atoms with E-state index in [4.69, 9.17) is 4.52 Å². The fourth-order valence-corrected chi connectivity index (χ4v) is 1.18. The van der Waals surface area contributed by atoms with Gasteiger partial charge in [-0.2, -0.15) is 0 Å². The van der Waals surface area contributed by atoms with Gasteiger partial charge in [-0.15, -0.1) is 0 Å². The molecule has 0 saturated heterocycles. The SMILES string of the molecule is CC(C)(C)c1cnc2oncc2c1. The molecule has 3 heteroatoms. The van der Waals surface area contributed by atoms with Crippen molar-refractivity contribution in [2.45, 2.75) is 26.2 Å². The van der Waals surface area contributed by atoms with E-state index < -0.39 is 0 Å². The fourth-order valence-electron chi connectivity index (χ4n) is 1.18. The molecule has 0 amide bonds. The lowest BCUT2D eigenvalue weighted by Crippen LogP contribution is -2.10. The number of hydrogen-bond acceptors (Lipinski definition) is 3. The number of aromatic nitrogens is 2. The first-order valence-electron chi connectivity index (χ1n) is 4.28. The molecule has 0 fully saturated rings. The van der Waals surface area contributed by atoms with Gasteiger partial charge in [0.05, 0.1) is 11.6 Å². The van der Waals surface area contributed by atoms with E-state index in [1.165, 1.54) is 5.56 Å². The van der Waals surface area contributed by atoms with Crippen LogP contribution in [0.5, 0.6) is 0 Å². The van der Waals surface area contributed by atoms with E-state index in [0.29, 0.717) is 5.71 Å². The molecule has 2 aromatic heterocycles. The summed E-state index contributed by atoms with van der Waals surface area (Å²) in [5.74, 6) is 0. The molecule has 0 aliphatic rings. The van der Waals surface area contributed by atoms with E-state index in [9.17, 15) is 0 Å². The molecule has 0 aromatic carbocycles. The topological polar surface area (TPSA) is 38.9 Å². The Hall–Kier alpha value is -1.38. The maximum absolute atomic E-state index is 4.92. The van der Waals surface area contributed by atoms with Crippen molar-refractivity contribution >= 4 is 11.1 Å². The molecule has 0 atom stereocenters. The minimum atomic E-state index is 0.123. The molecule has 2 aromatic rings. The average Bonchev–Trinajstić information content (AvgIpc) is 2.47. The lowest BCUT2D eigenvalue weighted by molar-refractivity contribution is 0.448. The summed E-state index contributed by atoms with van der Waals surface area (Å²) in [5.41, 5.74) is 1.93. The summed E-state index contributed by atoms with van der Waals surface area (Å²) in [6.45, 7) is 6.47. The second-order valence-corrected chi connectivity index (χ2v) is 4.19. The molecule has 0 N–H and O–H groups in total. The van der Waals surface area contributed by atoms with Crippen molar-refractivity contribution < 1.29 is 4.52 Å². The Morgan fingerprint density at radius 1 is 1.23 bits per heavy atom. The monoisotopic (exact) mass is 176 g/mol. The fraction of sp³-hybridized carbons (Fsp3) is 0.400. The van der Waals surface area contributed by atoms with Crippen molar-refractivity contribution in [3.8, 4) is 0 Å². The van der Waals surface area contributed by atoms with E-state index in [1.54, 1.807) is 6.20 Å². The molecular formula is C10H12N2O. The normalized spacial score (nSPS) is 12.2. The van der Waals surface area contributed by atoms with Gasteiger partial charge in [0.1, 0.15) is 0 Å². The number of rotatable bonds is 0. The van der Waals surface area contributed by atoms with Crippen LogP contribution in [0.1, 0.15) is 26.3 Å². The van der Waals surface area contributed by atoms with Gasteiger partial charge in [-0.3, -0.25) is 0 Å². The molecule has 0 spiro atoms. The third-order valence-electron chi connectivity index (χ3n) is 2.08. The van der Waals surface area contributed by atoms with Gasteiger partial charge in [-0.25, -0.2) is 4.98 Å². The lowest BCUT2D eigenvalue weighted by atomic mass is 9.88. The highest BCUT2D eigenvalue weighted by molar-refractivity contribution is 5.72. The highest BCUT2D eigenvalue weighted by Crippen LogP contribution is 2.24. The predicted molar refractivity (Wildman–Crippen MR) is 50.5 cm³/mol. The number of nitrogens with zero attached hydrogens (tertiary/aromatic N) is 2. The Labute approximate surface area is 76.8 Å². The van der Waals surface area contributed by atoms with E-state index in [-0.39, 0.29) is 5.41 Å². The summed E-state index contributed by atoms with van der Waals surface area (Å²) in [4.78, 5) is 4.18. The van der Waals surface area contributed by atoms with Gasteiger partial charge in [0.2, 0.25) is 0 Å².